The number of aliphatic imine (C=N–C) groups is 1. The predicted octanol–water partition coefficient (Wildman–Crippen LogP) is 7.04. The van der Waals surface area contributed by atoms with Gasteiger partial charge in [0.2, 0.25) is 5.88 Å². The van der Waals surface area contributed by atoms with E-state index in [4.69, 9.17) is 0 Å². The third kappa shape index (κ3) is 5.87. The summed E-state index contributed by atoms with van der Waals surface area (Å²) in [6.07, 6.45) is 12.5. The van der Waals surface area contributed by atoms with Crippen molar-refractivity contribution in [2.75, 3.05) is 0 Å². The molecule has 0 amide bonds. The lowest BCUT2D eigenvalue weighted by Gasteiger charge is -2.22. The van der Waals surface area contributed by atoms with Crippen LogP contribution < -0.4 is 5.56 Å². The van der Waals surface area contributed by atoms with Gasteiger partial charge < -0.3 is 5.11 Å². The molecule has 1 aromatic heterocycles. The van der Waals surface area contributed by atoms with E-state index in [1.54, 1.807) is 6.21 Å². The minimum Gasteiger partial charge on any atom is -0.493 e. The Morgan fingerprint density at radius 2 is 1.55 bits per heavy atom. The number of benzene rings is 1. The van der Waals surface area contributed by atoms with Gasteiger partial charge in [-0.1, -0.05) is 84.4 Å². The minimum atomic E-state index is -0.0990. The average molecular weight is 452 g/mol. The highest BCUT2D eigenvalue weighted by atomic mass is 16.3. The fraction of sp³-hybridized carbons (Fsp3) is 0.571. The van der Waals surface area contributed by atoms with Crippen LogP contribution >= 0.6 is 0 Å². The fourth-order valence-electron chi connectivity index (χ4n) is 4.72. The van der Waals surface area contributed by atoms with Crippen LogP contribution in [0.5, 0.6) is 5.88 Å². The highest BCUT2D eigenvalue weighted by Gasteiger charge is 2.23. The van der Waals surface area contributed by atoms with E-state index in [9.17, 15) is 9.90 Å². The Morgan fingerprint density at radius 1 is 0.939 bits per heavy atom. The van der Waals surface area contributed by atoms with Gasteiger partial charge in [0.25, 0.3) is 5.56 Å². The summed E-state index contributed by atoms with van der Waals surface area (Å²) in [5.74, 6) is 0.963. The maximum atomic E-state index is 13.6. The van der Waals surface area contributed by atoms with Crippen molar-refractivity contribution >= 4 is 23.6 Å². The largest absolute Gasteiger partial charge is 0.493 e. The second-order valence-electron chi connectivity index (χ2n) is 9.41. The molecule has 0 spiro atoms. The average Bonchev–Trinajstić information content (AvgIpc) is 3.34. The van der Waals surface area contributed by atoms with Gasteiger partial charge in [0, 0.05) is 30.4 Å². The Balaban J connectivity index is 2.02. The predicted molar refractivity (Wildman–Crippen MR) is 139 cm³/mol. The van der Waals surface area contributed by atoms with Crippen LogP contribution in [0.1, 0.15) is 90.2 Å². The Morgan fingerprint density at radius 3 is 2.15 bits per heavy atom. The first-order valence-corrected chi connectivity index (χ1v) is 12.9. The molecule has 0 radical (unpaired) electrons. The molecule has 2 heterocycles. The molecule has 0 fully saturated rings. The highest BCUT2D eigenvalue weighted by Crippen LogP contribution is 2.33. The summed E-state index contributed by atoms with van der Waals surface area (Å²) in [6.45, 7) is 10.1. The Labute approximate surface area is 198 Å². The van der Waals surface area contributed by atoms with Crippen LogP contribution in [0.2, 0.25) is 0 Å². The van der Waals surface area contributed by atoms with Gasteiger partial charge >= 0.3 is 0 Å². The quantitative estimate of drug-likeness (QED) is 0.355. The molecule has 1 aliphatic rings. The van der Waals surface area contributed by atoms with Crippen molar-refractivity contribution in [3.63, 3.8) is 0 Å². The number of unbranched alkanes of at least 4 members (excludes halogenated alkanes) is 2. The molecule has 0 aliphatic carbocycles. The number of hydrogen-bond acceptors (Lipinski definition) is 3. The zero-order valence-corrected chi connectivity index (χ0v) is 20.9. The lowest BCUT2D eigenvalue weighted by Crippen LogP contribution is -2.29. The number of rotatable bonds is 13. The molecule has 5 heteroatoms. The molecule has 1 aliphatic heterocycles. The highest BCUT2D eigenvalue weighted by molar-refractivity contribution is 6.21. The van der Waals surface area contributed by atoms with Gasteiger partial charge in [-0.05, 0) is 36.8 Å². The first kappa shape index (κ1) is 25.1. The third-order valence-corrected chi connectivity index (χ3v) is 7.05. The normalized spacial score (nSPS) is 15.8. The van der Waals surface area contributed by atoms with Crippen LogP contribution in [-0.4, -0.2) is 20.7 Å². The number of aromatic nitrogens is 2. The summed E-state index contributed by atoms with van der Waals surface area (Å²) in [4.78, 5) is 18.1. The first-order chi connectivity index (χ1) is 16.0. The van der Waals surface area contributed by atoms with Gasteiger partial charge in [-0.2, -0.15) is 0 Å². The molecule has 180 valence electrons. The van der Waals surface area contributed by atoms with Gasteiger partial charge in [0.15, 0.2) is 0 Å². The second-order valence-corrected chi connectivity index (χ2v) is 9.41. The van der Waals surface area contributed by atoms with Gasteiger partial charge in [0.1, 0.15) is 5.56 Å². The van der Waals surface area contributed by atoms with E-state index in [0.717, 1.165) is 61.8 Å². The maximum Gasteiger partial charge on any atom is 0.277 e. The summed E-state index contributed by atoms with van der Waals surface area (Å²) >= 11 is 0. The molecule has 1 aromatic carbocycles. The molecule has 1 N–H and O–H groups in total. The second kappa shape index (κ2) is 12.1. The van der Waals surface area contributed by atoms with Gasteiger partial charge in [-0.15, -0.1) is 0 Å². The van der Waals surface area contributed by atoms with Crippen molar-refractivity contribution < 1.29 is 5.11 Å². The van der Waals surface area contributed by atoms with E-state index in [1.165, 1.54) is 6.42 Å². The van der Waals surface area contributed by atoms with Crippen molar-refractivity contribution in [1.82, 2.24) is 9.36 Å². The fourth-order valence-corrected chi connectivity index (χ4v) is 4.72. The number of aromatic hydroxyl groups is 1. The zero-order chi connectivity index (χ0) is 23.8. The van der Waals surface area contributed by atoms with Crippen LogP contribution in [0, 0.1) is 11.8 Å². The number of nitrogens with zero attached hydrogens (tertiary/aromatic N) is 3. The van der Waals surface area contributed by atoms with Crippen LogP contribution in [0.15, 0.2) is 34.1 Å². The molecule has 0 bridgehead atoms. The van der Waals surface area contributed by atoms with Crippen LogP contribution in [-0.2, 0) is 13.1 Å². The third-order valence-electron chi connectivity index (χ3n) is 7.05. The van der Waals surface area contributed by atoms with E-state index >= 15 is 0 Å². The van der Waals surface area contributed by atoms with Gasteiger partial charge in [0.05, 0.1) is 5.69 Å². The standard InChI is InChI=1S/C28H41N3O2/c1-5-9-13-21(7-3)19-30-27(32)25(17-23-18-29-26-16-12-11-15-24(23)26)28(33)31(30)20-22(8-4)14-10-6-2/h11-12,15-18,21-22,32H,5-10,13-14,19-20H2,1-4H3. The summed E-state index contributed by atoms with van der Waals surface area (Å²) < 4.78 is 3.68. The topological polar surface area (TPSA) is 59.5 Å². The van der Waals surface area contributed by atoms with E-state index in [1.807, 2.05) is 39.7 Å². The molecule has 2 unspecified atom stereocenters. The smallest absolute Gasteiger partial charge is 0.277 e. The van der Waals surface area contributed by atoms with E-state index in [2.05, 4.69) is 32.7 Å². The van der Waals surface area contributed by atoms with Crippen molar-refractivity contribution in [2.24, 2.45) is 16.8 Å². The molecule has 3 rings (SSSR count). The number of para-hydroxylation sites is 1. The molecule has 2 aromatic rings. The molecule has 0 saturated heterocycles. The summed E-state index contributed by atoms with van der Waals surface area (Å²) in [5.41, 5.74) is 3.05. The Kier molecular flexibility index (Phi) is 9.16. The van der Waals surface area contributed by atoms with E-state index in [0.29, 0.717) is 30.5 Å². The Hall–Kier alpha value is -2.56. The van der Waals surface area contributed by atoms with Crippen molar-refractivity contribution in [2.45, 2.75) is 92.2 Å². The number of hydrogen-bond donors (Lipinski definition) is 1. The maximum absolute atomic E-state index is 13.6. The lowest BCUT2D eigenvalue weighted by atomic mass is 9.99. The van der Waals surface area contributed by atoms with Crippen LogP contribution in [0.25, 0.3) is 11.6 Å². The van der Waals surface area contributed by atoms with Gasteiger partial charge in [-0.25, -0.2) is 4.68 Å². The van der Waals surface area contributed by atoms with Crippen molar-refractivity contribution in [1.29, 1.82) is 0 Å². The molecular formula is C28H41N3O2. The number of fused-ring (bicyclic) bond motifs is 1. The molecular weight excluding hydrogens is 410 g/mol. The molecule has 5 nitrogen and oxygen atoms in total. The first-order valence-electron chi connectivity index (χ1n) is 12.9. The van der Waals surface area contributed by atoms with E-state index in [-0.39, 0.29) is 11.4 Å². The summed E-state index contributed by atoms with van der Waals surface area (Å²) in [5, 5.41) is 11.3. The zero-order valence-electron chi connectivity index (χ0n) is 20.9. The lowest BCUT2D eigenvalue weighted by molar-refractivity contribution is 0.263. The Bertz CT molecular complexity index is 1030. The van der Waals surface area contributed by atoms with Crippen molar-refractivity contribution in [3.05, 3.63) is 45.7 Å². The monoisotopic (exact) mass is 451 g/mol. The van der Waals surface area contributed by atoms with Crippen LogP contribution in [0.4, 0.5) is 5.69 Å². The summed E-state index contributed by atoms with van der Waals surface area (Å²) in [6, 6.07) is 7.91. The molecule has 0 saturated carbocycles. The van der Waals surface area contributed by atoms with Crippen molar-refractivity contribution in [3.8, 4) is 5.88 Å². The summed E-state index contributed by atoms with van der Waals surface area (Å²) in [7, 11) is 0. The van der Waals surface area contributed by atoms with E-state index < -0.39 is 0 Å². The molecule has 2 atom stereocenters. The van der Waals surface area contributed by atoms with Gasteiger partial charge in [-0.3, -0.25) is 14.5 Å². The number of allylic oxidation sites excluding steroid dienone is 1. The molecule has 33 heavy (non-hydrogen) atoms. The van der Waals surface area contributed by atoms with Crippen LogP contribution in [0.3, 0.4) is 0 Å². The SMILES string of the molecule is CCCCC(CC)Cn1c(O)c(C=C2C=Nc3ccccc32)c(=O)n1CC(CC)CCCC. The minimum absolute atomic E-state index is 0.0885.